The van der Waals surface area contributed by atoms with Gasteiger partial charge in [0, 0.05) is 18.8 Å². The summed E-state index contributed by atoms with van der Waals surface area (Å²) in [6.45, 7) is 2.88. The molecule has 0 saturated carbocycles. The lowest BCUT2D eigenvalue weighted by atomic mass is 10.1. The van der Waals surface area contributed by atoms with Gasteiger partial charge in [-0.1, -0.05) is 42.5 Å². The van der Waals surface area contributed by atoms with Crippen molar-refractivity contribution in [2.45, 2.75) is 32.2 Å². The summed E-state index contributed by atoms with van der Waals surface area (Å²) in [5.74, 6) is 0. The molecule has 110 valence electrons. The molecule has 1 aliphatic heterocycles. The first-order chi connectivity index (χ1) is 10.4. The van der Waals surface area contributed by atoms with Crippen molar-refractivity contribution >= 4 is 5.69 Å². The predicted molar refractivity (Wildman–Crippen MR) is 89.6 cm³/mol. The van der Waals surface area contributed by atoms with E-state index < -0.39 is 0 Å². The average molecular weight is 280 g/mol. The summed E-state index contributed by atoms with van der Waals surface area (Å²) in [5.41, 5.74) is 11.2. The van der Waals surface area contributed by atoms with Crippen LogP contribution in [-0.2, 0) is 19.4 Å². The maximum Gasteiger partial charge on any atom is 0.0429 e. The molecular weight excluding hydrogens is 256 g/mol. The number of nitrogens with zero attached hydrogens (tertiary/aromatic N) is 1. The largest absolute Gasteiger partial charge is 0.367 e. The highest BCUT2D eigenvalue weighted by Gasteiger charge is 2.14. The molecule has 1 heterocycles. The number of para-hydroxylation sites is 1. The van der Waals surface area contributed by atoms with Gasteiger partial charge < -0.3 is 10.6 Å². The van der Waals surface area contributed by atoms with Crippen LogP contribution >= 0.6 is 0 Å². The first-order valence-electron chi connectivity index (χ1n) is 7.97. The second-order valence-electron chi connectivity index (χ2n) is 5.86. The van der Waals surface area contributed by atoms with Crippen molar-refractivity contribution in [3.8, 4) is 0 Å². The molecule has 0 unspecified atom stereocenters. The summed E-state index contributed by atoms with van der Waals surface area (Å²) >= 11 is 0. The molecule has 0 spiro atoms. The standard InChI is InChI=1S/C19H24N2/c20-13-12-16-8-10-17(11-9-16)15-21-14-4-3-6-18-5-1-2-7-19(18)21/h1-2,5,7-11H,3-4,6,12-15,20H2. The topological polar surface area (TPSA) is 29.3 Å². The molecule has 2 N–H and O–H groups in total. The summed E-state index contributed by atoms with van der Waals surface area (Å²) in [6.07, 6.45) is 4.75. The molecule has 0 fully saturated rings. The Labute approximate surface area is 127 Å². The minimum Gasteiger partial charge on any atom is -0.367 e. The number of anilines is 1. The van der Waals surface area contributed by atoms with Gasteiger partial charge in [-0.2, -0.15) is 0 Å². The number of rotatable bonds is 4. The van der Waals surface area contributed by atoms with E-state index >= 15 is 0 Å². The smallest absolute Gasteiger partial charge is 0.0429 e. The third-order valence-electron chi connectivity index (χ3n) is 4.29. The van der Waals surface area contributed by atoms with Crippen molar-refractivity contribution < 1.29 is 0 Å². The molecule has 3 rings (SSSR count). The third kappa shape index (κ3) is 3.45. The molecule has 1 aliphatic rings. The van der Waals surface area contributed by atoms with E-state index in [1.165, 1.54) is 41.6 Å². The maximum atomic E-state index is 5.61. The van der Waals surface area contributed by atoms with E-state index in [0.29, 0.717) is 0 Å². The second kappa shape index (κ2) is 6.77. The van der Waals surface area contributed by atoms with E-state index in [1.807, 2.05) is 0 Å². The van der Waals surface area contributed by atoms with Crippen LogP contribution in [0, 0.1) is 0 Å². The number of hydrogen-bond donors (Lipinski definition) is 1. The molecule has 21 heavy (non-hydrogen) atoms. The van der Waals surface area contributed by atoms with Gasteiger partial charge in [-0.05, 0) is 55.0 Å². The number of nitrogens with two attached hydrogens (primary N) is 1. The summed E-state index contributed by atoms with van der Waals surface area (Å²) < 4.78 is 0. The molecule has 2 heteroatoms. The number of aryl methyl sites for hydroxylation is 1. The maximum absolute atomic E-state index is 5.61. The van der Waals surface area contributed by atoms with Gasteiger partial charge in [0.2, 0.25) is 0 Å². The Kier molecular flexibility index (Phi) is 4.56. The van der Waals surface area contributed by atoms with Gasteiger partial charge in [0.25, 0.3) is 0 Å². The van der Waals surface area contributed by atoms with Crippen molar-refractivity contribution in [3.63, 3.8) is 0 Å². The van der Waals surface area contributed by atoms with Crippen molar-refractivity contribution in [1.82, 2.24) is 0 Å². The van der Waals surface area contributed by atoms with E-state index in [-0.39, 0.29) is 0 Å². The van der Waals surface area contributed by atoms with Crippen LogP contribution in [-0.4, -0.2) is 13.1 Å². The zero-order chi connectivity index (χ0) is 14.5. The molecule has 2 aromatic carbocycles. The molecule has 0 radical (unpaired) electrons. The van der Waals surface area contributed by atoms with Gasteiger partial charge in [0.05, 0.1) is 0 Å². The SMILES string of the molecule is NCCc1ccc(CN2CCCCc3ccccc32)cc1. The van der Waals surface area contributed by atoms with E-state index in [9.17, 15) is 0 Å². The summed E-state index contributed by atoms with van der Waals surface area (Å²) in [5, 5.41) is 0. The van der Waals surface area contributed by atoms with Crippen LogP contribution in [0.2, 0.25) is 0 Å². The van der Waals surface area contributed by atoms with Gasteiger partial charge >= 0.3 is 0 Å². The lowest BCUT2D eigenvalue weighted by molar-refractivity contribution is 0.714. The molecule has 2 aromatic rings. The normalized spacial score (nSPS) is 14.6. The van der Waals surface area contributed by atoms with Crippen molar-refractivity contribution in [3.05, 3.63) is 65.2 Å². The fourth-order valence-electron chi connectivity index (χ4n) is 3.13. The lowest BCUT2D eigenvalue weighted by Gasteiger charge is -2.25. The predicted octanol–water partition coefficient (Wildman–Crippen LogP) is 3.53. The molecule has 0 aliphatic carbocycles. The monoisotopic (exact) mass is 280 g/mol. The fraction of sp³-hybridized carbons (Fsp3) is 0.368. The summed E-state index contributed by atoms with van der Waals surface area (Å²) in [7, 11) is 0. The van der Waals surface area contributed by atoms with Gasteiger partial charge in [0.15, 0.2) is 0 Å². The average Bonchev–Trinajstić information content (AvgIpc) is 2.72. The Morgan fingerprint density at radius 3 is 2.48 bits per heavy atom. The van der Waals surface area contributed by atoms with Gasteiger partial charge in [-0.15, -0.1) is 0 Å². The second-order valence-corrected chi connectivity index (χ2v) is 5.86. The van der Waals surface area contributed by atoms with Gasteiger partial charge in [-0.3, -0.25) is 0 Å². The molecular formula is C19H24N2. The molecule has 0 bridgehead atoms. The van der Waals surface area contributed by atoms with Crippen molar-refractivity contribution in [1.29, 1.82) is 0 Å². The number of fused-ring (bicyclic) bond motifs is 1. The first-order valence-corrected chi connectivity index (χ1v) is 7.97. The zero-order valence-corrected chi connectivity index (χ0v) is 12.6. The Hall–Kier alpha value is -1.80. The van der Waals surface area contributed by atoms with E-state index in [1.54, 1.807) is 0 Å². The minimum atomic E-state index is 0.721. The van der Waals surface area contributed by atoms with Crippen molar-refractivity contribution in [2.75, 3.05) is 18.0 Å². The Balaban J connectivity index is 1.77. The van der Waals surface area contributed by atoms with Crippen LogP contribution in [0.15, 0.2) is 48.5 Å². The van der Waals surface area contributed by atoms with E-state index in [0.717, 1.165) is 26.1 Å². The van der Waals surface area contributed by atoms with Crippen LogP contribution in [0.25, 0.3) is 0 Å². The quantitative estimate of drug-likeness (QED) is 0.928. The van der Waals surface area contributed by atoms with Gasteiger partial charge in [-0.25, -0.2) is 0 Å². The molecule has 0 amide bonds. The van der Waals surface area contributed by atoms with Crippen molar-refractivity contribution in [2.24, 2.45) is 5.73 Å². The Bertz CT molecular complexity index is 574. The highest BCUT2D eigenvalue weighted by atomic mass is 15.1. The molecule has 2 nitrogen and oxygen atoms in total. The fourth-order valence-corrected chi connectivity index (χ4v) is 3.13. The van der Waals surface area contributed by atoms with Crippen LogP contribution < -0.4 is 10.6 Å². The highest BCUT2D eigenvalue weighted by Crippen LogP contribution is 2.27. The summed E-state index contributed by atoms with van der Waals surface area (Å²) in [6, 6.07) is 17.8. The Morgan fingerprint density at radius 1 is 0.905 bits per heavy atom. The van der Waals surface area contributed by atoms with Crippen LogP contribution in [0.3, 0.4) is 0 Å². The molecule has 0 aromatic heterocycles. The van der Waals surface area contributed by atoms with Gasteiger partial charge in [0.1, 0.15) is 0 Å². The first kappa shape index (κ1) is 14.2. The number of hydrogen-bond acceptors (Lipinski definition) is 2. The van der Waals surface area contributed by atoms with E-state index in [2.05, 4.69) is 53.4 Å². The van der Waals surface area contributed by atoms with Crippen LogP contribution in [0.5, 0.6) is 0 Å². The molecule has 0 atom stereocenters. The minimum absolute atomic E-state index is 0.721. The lowest BCUT2D eigenvalue weighted by Crippen LogP contribution is -2.23. The molecule has 0 saturated heterocycles. The zero-order valence-electron chi connectivity index (χ0n) is 12.6. The number of benzene rings is 2. The van der Waals surface area contributed by atoms with E-state index in [4.69, 9.17) is 5.73 Å². The summed E-state index contributed by atoms with van der Waals surface area (Å²) in [4.78, 5) is 2.53. The van der Waals surface area contributed by atoms with Crippen LogP contribution in [0.4, 0.5) is 5.69 Å². The third-order valence-corrected chi connectivity index (χ3v) is 4.29. The highest BCUT2D eigenvalue weighted by molar-refractivity contribution is 5.54. The Morgan fingerprint density at radius 2 is 1.67 bits per heavy atom. The van der Waals surface area contributed by atoms with Crippen LogP contribution in [0.1, 0.15) is 29.5 Å².